The standard InChI is InChI=1S/C23H16ClFN6.C2H6/c24-12-14-3-5-15(6-4-14)31-22(16-2-1-10-28-21(16)26)30-20-8-7-19(29-23(20)31)17-13-27-11-9-18(17)25;1-2/h1-11,13H,12H2,(H2,26,28);1-2H3. The van der Waals surface area contributed by atoms with Crippen LogP contribution in [0.1, 0.15) is 19.4 Å². The van der Waals surface area contributed by atoms with Gasteiger partial charge in [0.1, 0.15) is 17.2 Å². The summed E-state index contributed by atoms with van der Waals surface area (Å²) in [4.78, 5) is 17.7. The Balaban J connectivity index is 0.00000126. The van der Waals surface area contributed by atoms with Crippen LogP contribution in [0, 0.1) is 5.82 Å². The van der Waals surface area contributed by atoms with Gasteiger partial charge in [-0.25, -0.2) is 19.3 Å². The van der Waals surface area contributed by atoms with Crippen molar-refractivity contribution in [3.8, 4) is 28.3 Å². The second-order valence-electron chi connectivity index (χ2n) is 6.90. The normalized spacial score (nSPS) is 10.7. The van der Waals surface area contributed by atoms with Gasteiger partial charge in [-0.2, -0.15) is 0 Å². The Hall–Kier alpha value is -3.84. The van der Waals surface area contributed by atoms with Crippen LogP contribution in [0.4, 0.5) is 10.2 Å². The highest BCUT2D eigenvalue weighted by atomic mass is 35.5. The number of pyridine rings is 3. The molecule has 4 heterocycles. The van der Waals surface area contributed by atoms with Gasteiger partial charge in [0.05, 0.1) is 16.8 Å². The molecule has 0 saturated carbocycles. The topological polar surface area (TPSA) is 82.5 Å². The second kappa shape index (κ2) is 9.75. The summed E-state index contributed by atoms with van der Waals surface area (Å²) in [5.41, 5.74) is 10.6. The predicted octanol–water partition coefficient (Wildman–Crippen LogP) is 6.03. The molecule has 2 N–H and O–H groups in total. The van der Waals surface area contributed by atoms with Crippen molar-refractivity contribution < 1.29 is 4.39 Å². The smallest absolute Gasteiger partial charge is 0.165 e. The molecule has 0 spiro atoms. The molecule has 5 rings (SSSR count). The summed E-state index contributed by atoms with van der Waals surface area (Å²) in [5, 5.41) is 0. The van der Waals surface area contributed by atoms with Gasteiger partial charge in [-0.05, 0) is 48.0 Å². The van der Waals surface area contributed by atoms with Crippen LogP contribution in [0.15, 0.2) is 73.2 Å². The van der Waals surface area contributed by atoms with Gasteiger partial charge in [0.25, 0.3) is 0 Å². The average Bonchev–Trinajstić information content (AvgIpc) is 3.24. The van der Waals surface area contributed by atoms with Gasteiger partial charge in [-0.3, -0.25) is 9.55 Å². The Morgan fingerprint density at radius 2 is 1.73 bits per heavy atom. The molecular formula is C25H22ClFN6. The number of nitrogens with two attached hydrogens (primary N) is 1. The fraction of sp³-hybridized carbons (Fsp3) is 0.120. The highest BCUT2D eigenvalue weighted by Gasteiger charge is 2.19. The summed E-state index contributed by atoms with van der Waals surface area (Å²) in [6.07, 6.45) is 4.49. The molecule has 0 amide bonds. The lowest BCUT2D eigenvalue weighted by Gasteiger charge is -2.11. The average molecular weight is 461 g/mol. The number of nitrogen functional groups attached to an aromatic ring is 1. The van der Waals surface area contributed by atoms with Crippen LogP contribution in [0.5, 0.6) is 0 Å². The number of aromatic nitrogens is 5. The van der Waals surface area contributed by atoms with E-state index in [4.69, 9.17) is 27.3 Å². The minimum absolute atomic E-state index is 0.317. The molecule has 0 aliphatic heterocycles. The number of hydrogen-bond acceptors (Lipinski definition) is 5. The largest absolute Gasteiger partial charge is 0.383 e. The molecule has 0 saturated heterocycles. The van der Waals surface area contributed by atoms with E-state index in [9.17, 15) is 4.39 Å². The number of anilines is 1. The van der Waals surface area contributed by atoms with Gasteiger partial charge in [-0.1, -0.05) is 26.0 Å². The van der Waals surface area contributed by atoms with Crippen molar-refractivity contribution in [2.45, 2.75) is 19.7 Å². The molecule has 6 nitrogen and oxygen atoms in total. The minimum Gasteiger partial charge on any atom is -0.383 e. The van der Waals surface area contributed by atoms with Crippen LogP contribution >= 0.6 is 11.6 Å². The summed E-state index contributed by atoms with van der Waals surface area (Å²) < 4.78 is 16.3. The predicted molar refractivity (Wildman–Crippen MR) is 131 cm³/mol. The molecule has 0 aliphatic rings. The first-order chi connectivity index (χ1) is 16.2. The zero-order valence-electron chi connectivity index (χ0n) is 18.2. The number of halogens is 2. The van der Waals surface area contributed by atoms with E-state index in [0.717, 1.165) is 11.3 Å². The maximum absolute atomic E-state index is 14.4. The second-order valence-corrected chi connectivity index (χ2v) is 7.17. The van der Waals surface area contributed by atoms with Gasteiger partial charge >= 0.3 is 0 Å². The molecule has 0 unspecified atom stereocenters. The SMILES string of the molecule is CC.Nc1ncccc1-c1nc2ccc(-c3cnccc3F)nc2n1-c1ccc(CCl)cc1. The highest BCUT2D eigenvalue weighted by Crippen LogP contribution is 2.32. The van der Waals surface area contributed by atoms with E-state index >= 15 is 0 Å². The molecule has 0 bridgehead atoms. The Bertz CT molecular complexity index is 1400. The van der Waals surface area contributed by atoms with Crippen LogP contribution < -0.4 is 5.73 Å². The van der Waals surface area contributed by atoms with Gasteiger partial charge < -0.3 is 5.73 Å². The van der Waals surface area contributed by atoms with Crippen LogP contribution in [0.25, 0.3) is 39.5 Å². The number of alkyl halides is 1. The van der Waals surface area contributed by atoms with E-state index in [1.165, 1.54) is 18.5 Å². The lowest BCUT2D eigenvalue weighted by molar-refractivity contribution is 0.628. The molecular weight excluding hydrogens is 439 g/mol. The zero-order chi connectivity index (χ0) is 23.4. The number of fused-ring (bicyclic) bond motifs is 1. The number of nitrogens with zero attached hydrogens (tertiary/aromatic N) is 5. The van der Waals surface area contributed by atoms with Gasteiger partial charge in [-0.15, -0.1) is 11.6 Å². The monoisotopic (exact) mass is 460 g/mol. The first-order valence-corrected chi connectivity index (χ1v) is 11.0. The highest BCUT2D eigenvalue weighted by molar-refractivity contribution is 6.17. The van der Waals surface area contributed by atoms with Crippen molar-refractivity contribution in [3.05, 3.63) is 84.6 Å². The molecule has 0 radical (unpaired) electrons. The van der Waals surface area contributed by atoms with E-state index in [0.29, 0.717) is 45.5 Å². The summed E-state index contributed by atoms with van der Waals surface area (Å²) in [6.45, 7) is 4.00. The Labute approximate surface area is 195 Å². The molecule has 1 aromatic carbocycles. The fourth-order valence-corrected chi connectivity index (χ4v) is 3.62. The van der Waals surface area contributed by atoms with Gasteiger partial charge in [0.15, 0.2) is 11.5 Å². The van der Waals surface area contributed by atoms with Crippen LogP contribution in [0.2, 0.25) is 0 Å². The number of hydrogen-bond donors (Lipinski definition) is 1. The summed E-state index contributed by atoms with van der Waals surface area (Å²) in [6, 6.07) is 16.3. The van der Waals surface area contributed by atoms with Crippen molar-refractivity contribution in [2.24, 2.45) is 0 Å². The van der Waals surface area contributed by atoms with Gasteiger partial charge in [0, 0.05) is 30.2 Å². The van der Waals surface area contributed by atoms with E-state index in [-0.39, 0.29) is 0 Å². The van der Waals surface area contributed by atoms with Crippen molar-refractivity contribution >= 4 is 28.6 Å². The van der Waals surface area contributed by atoms with E-state index < -0.39 is 5.82 Å². The lowest BCUT2D eigenvalue weighted by atomic mass is 10.2. The minimum atomic E-state index is -0.392. The Kier molecular flexibility index (Phi) is 6.60. The zero-order valence-corrected chi connectivity index (χ0v) is 19.0. The van der Waals surface area contributed by atoms with Crippen LogP contribution in [-0.2, 0) is 5.88 Å². The van der Waals surface area contributed by atoms with E-state index in [1.54, 1.807) is 18.3 Å². The summed E-state index contributed by atoms with van der Waals surface area (Å²) >= 11 is 5.95. The molecule has 5 aromatic rings. The summed E-state index contributed by atoms with van der Waals surface area (Å²) in [5.74, 6) is 0.970. The molecule has 0 aliphatic carbocycles. The number of benzene rings is 1. The first kappa shape index (κ1) is 22.4. The third kappa shape index (κ3) is 4.27. The Morgan fingerprint density at radius 3 is 2.42 bits per heavy atom. The molecule has 166 valence electrons. The third-order valence-electron chi connectivity index (χ3n) is 4.98. The van der Waals surface area contributed by atoms with Crippen LogP contribution in [-0.4, -0.2) is 24.5 Å². The number of imidazole rings is 1. The maximum Gasteiger partial charge on any atom is 0.165 e. The van der Waals surface area contributed by atoms with Gasteiger partial charge in [0.2, 0.25) is 0 Å². The number of rotatable bonds is 4. The molecule has 0 fully saturated rings. The molecule has 8 heteroatoms. The van der Waals surface area contributed by atoms with Crippen molar-refractivity contribution in [2.75, 3.05) is 5.73 Å². The molecule has 33 heavy (non-hydrogen) atoms. The van der Waals surface area contributed by atoms with Crippen molar-refractivity contribution in [1.29, 1.82) is 0 Å². The van der Waals surface area contributed by atoms with E-state index in [2.05, 4.69) is 9.97 Å². The first-order valence-electron chi connectivity index (χ1n) is 10.5. The van der Waals surface area contributed by atoms with Crippen molar-refractivity contribution in [3.63, 3.8) is 0 Å². The van der Waals surface area contributed by atoms with Crippen molar-refractivity contribution in [1.82, 2.24) is 24.5 Å². The molecule has 0 atom stereocenters. The Morgan fingerprint density at radius 1 is 0.939 bits per heavy atom. The fourth-order valence-electron chi connectivity index (χ4n) is 3.44. The third-order valence-corrected chi connectivity index (χ3v) is 5.29. The quantitative estimate of drug-likeness (QED) is 0.331. The summed E-state index contributed by atoms with van der Waals surface area (Å²) in [7, 11) is 0. The molecule has 4 aromatic heterocycles. The lowest BCUT2D eigenvalue weighted by Crippen LogP contribution is -2.02. The van der Waals surface area contributed by atoms with E-state index in [1.807, 2.05) is 54.8 Å². The maximum atomic E-state index is 14.4. The van der Waals surface area contributed by atoms with Crippen LogP contribution in [0.3, 0.4) is 0 Å².